The molecule has 0 aliphatic carbocycles. The third-order valence-electron chi connectivity index (χ3n) is 3.23. The summed E-state index contributed by atoms with van der Waals surface area (Å²) in [6, 6.07) is 12.1. The molecule has 2 aromatic rings. The molecular formula is C17H18BrNO2S. The summed E-state index contributed by atoms with van der Waals surface area (Å²) in [5.41, 5.74) is 4.20. The van der Waals surface area contributed by atoms with Gasteiger partial charge in [0.05, 0.1) is 12.8 Å². The lowest BCUT2D eigenvalue weighted by molar-refractivity contribution is 0.304. The first-order valence-electron chi connectivity index (χ1n) is 6.83. The lowest BCUT2D eigenvalue weighted by Crippen LogP contribution is -2.13. The second kappa shape index (κ2) is 7.61. The lowest BCUT2D eigenvalue weighted by atomic mass is 10.1. The summed E-state index contributed by atoms with van der Waals surface area (Å²) >= 11 is 8.60. The van der Waals surface area contributed by atoms with Crippen molar-refractivity contribution in [1.82, 2.24) is 0 Å². The van der Waals surface area contributed by atoms with Crippen LogP contribution in [0.2, 0.25) is 0 Å². The minimum Gasteiger partial charge on any atom is -0.489 e. The number of para-hydroxylation sites is 1. The Hall–Kier alpha value is -1.59. The van der Waals surface area contributed by atoms with Crippen molar-refractivity contribution in [3.8, 4) is 5.75 Å². The molecule has 0 aliphatic rings. The molecule has 0 radical (unpaired) electrons. The quantitative estimate of drug-likeness (QED) is 0.758. The first kappa shape index (κ1) is 16.8. The molecule has 0 bridgehead atoms. The molecule has 116 valence electrons. The summed E-state index contributed by atoms with van der Waals surface area (Å²) in [6.45, 7) is 4.55. The molecule has 0 heterocycles. The number of anilines is 1. The Morgan fingerprint density at radius 2 is 2.00 bits per heavy atom. The van der Waals surface area contributed by atoms with Gasteiger partial charge >= 0.3 is 0 Å². The van der Waals surface area contributed by atoms with E-state index in [1.54, 1.807) is 0 Å². The number of hydrogen-bond donors (Lipinski definition) is 1. The Labute approximate surface area is 144 Å². The van der Waals surface area contributed by atoms with Gasteiger partial charge in [-0.3, -0.25) is 0 Å². The van der Waals surface area contributed by atoms with Crippen molar-refractivity contribution in [3.63, 3.8) is 0 Å². The molecule has 5 heteroatoms. The summed E-state index contributed by atoms with van der Waals surface area (Å²) in [4.78, 5) is 0. The van der Waals surface area contributed by atoms with Gasteiger partial charge in [-0.05, 0) is 59.7 Å². The van der Waals surface area contributed by atoms with Gasteiger partial charge in [-0.25, -0.2) is 0 Å². The monoisotopic (exact) mass is 379 g/mol. The van der Waals surface area contributed by atoms with Crippen LogP contribution in [0.4, 0.5) is 5.69 Å². The van der Waals surface area contributed by atoms with E-state index in [9.17, 15) is 0 Å². The zero-order valence-electron chi connectivity index (χ0n) is 12.8. The van der Waals surface area contributed by atoms with Crippen LogP contribution in [-0.2, 0) is 11.3 Å². The van der Waals surface area contributed by atoms with Gasteiger partial charge in [-0.2, -0.15) is 0 Å². The molecule has 1 N–H and O–H groups in total. The molecule has 0 aliphatic heterocycles. The maximum Gasteiger partial charge on any atom is 0.260 e. The highest BCUT2D eigenvalue weighted by Crippen LogP contribution is 2.28. The van der Waals surface area contributed by atoms with Gasteiger partial charge in [0, 0.05) is 10.0 Å². The number of halogens is 1. The van der Waals surface area contributed by atoms with E-state index in [1.807, 2.05) is 37.3 Å². The number of hydrogen-bond acceptors (Lipinski definition) is 3. The number of ether oxygens (including phenoxy) is 2. The van der Waals surface area contributed by atoms with Crippen LogP contribution in [0.25, 0.3) is 0 Å². The molecule has 22 heavy (non-hydrogen) atoms. The van der Waals surface area contributed by atoms with Crippen molar-refractivity contribution in [2.24, 2.45) is 0 Å². The van der Waals surface area contributed by atoms with Crippen LogP contribution in [0.15, 0.2) is 40.9 Å². The topological polar surface area (TPSA) is 30.5 Å². The van der Waals surface area contributed by atoms with Crippen LogP contribution in [-0.4, -0.2) is 12.3 Å². The van der Waals surface area contributed by atoms with E-state index in [0.717, 1.165) is 27.0 Å². The molecule has 3 nitrogen and oxygen atoms in total. The fourth-order valence-corrected chi connectivity index (χ4v) is 2.71. The lowest BCUT2D eigenvalue weighted by Gasteiger charge is -2.15. The summed E-state index contributed by atoms with van der Waals surface area (Å²) < 4.78 is 11.9. The van der Waals surface area contributed by atoms with Gasteiger partial charge in [0.15, 0.2) is 0 Å². The number of benzene rings is 2. The third kappa shape index (κ3) is 4.21. The average molecular weight is 380 g/mol. The van der Waals surface area contributed by atoms with E-state index < -0.39 is 0 Å². The van der Waals surface area contributed by atoms with E-state index in [-0.39, 0.29) is 0 Å². The van der Waals surface area contributed by atoms with Gasteiger partial charge in [-0.15, -0.1) is 0 Å². The van der Waals surface area contributed by atoms with Gasteiger partial charge in [-0.1, -0.05) is 29.8 Å². The first-order valence-corrected chi connectivity index (χ1v) is 8.04. The van der Waals surface area contributed by atoms with Crippen molar-refractivity contribution in [1.29, 1.82) is 0 Å². The Kier molecular flexibility index (Phi) is 5.80. The fourth-order valence-electron chi connectivity index (χ4n) is 2.10. The molecule has 0 fully saturated rings. The maximum absolute atomic E-state index is 5.94. The van der Waals surface area contributed by atoms with Crippen LogP contribution in [0.1, 0.15) is 16.7 Å². The Balaban J connectivity index is 2.18. The van der Waals surface area contributed by atoms with E-state index in [1.165, 1.54) is 12.7 Å². The van der Waals surface area contributed by atoms with E-state index in [4.69, 9.17) is 21.7 Å². The van der Waals surface area contributed by atoms with Crippen molar-refractivity contribution in [2.45, 2.75) is 20.5 Å². The van der Waals surface area contributed by atoms with Gasteiger partial charge in [0.2, 0.25) is 0 Å². The Morgan fingerprint density at radius 1 is 1.23 bits per heavy atom. The van der Waals surface area contributed by atoms with Crippen molar-refractivity contribution in [3.05, 3.63) is 57.6 Å². The summed E-state index contributed by atoms with van der Waals surface area (Å²) in [5, 5.41) is 3.39. The molecule has 0 atom stereocenters. The largest absolute Gasteiger partial charge is 0.489 e. The molecule has 2 rings (SSSR count). The molecule has 0 spiro atoms. The zero-order valence-corrected chi connectivity index (χ0v) is 15.2. The molecule has 0 amide bonds. The average Bonchev–Trinajstić information content (AvgIpc) is 2.49. The van der Waals surface area contributed by atoms with Crippen molar-refractivity contribution in [2.75, 3.05) is 12.4 Å². The van der Waals surface area contributed by atoms with Crippen molar-refractivity contribution < 1.29 is 9.47 Å². The number of nitrogens with one attached hydrogen (secondary N) is 1. The van der Waals surface area contributed by atoms with Crippen LogP contribution in [0.5, 0.6) is 5.75 Å². The van der Waals surface area contributed by atoms with Gasteiger partial charge < -0.3 is 14.8 Å². The SMILES string of the molecule is COC(=S)Nc1c(Br)cccc1COc1ccc(C)cc1C. The minimum atomic E-state index is 0.319. The van der Waals surface area contributed by atoms with E-state index in [0.29, 0.717) is 11.8 Å². The van der Waals surface area contributed by atoms with Gasteiger partial charge in [0.1, 0.15) is 12.4 Å². The number of thiocarbonyl (C=S) groups is 1. The highest BCUT2D eigenvalue weighted by Gasteiger charge is 2.10. The number of aryl methyl sites for hydroxylation is 2. The summed E-state index contributed by atoms with van der Waals surface area (Å²) in [7, 11) is 1.54. The molecule has 0 saturated carbocycles. The number of rotatable bonds is 4. The predicted octanol–water partition coefficient (Wildman–Crippen LogP) is 4.99. The highest BCUT2D eigenvalue weighted by atomic mass is 79.9. The molecule has 0 unspecified atom stereocenters. The molecule has 0 saturated heterocycles. The predicted molar refractivity (Wildman–Crippen MR) is 97.6 cm³/mol. The summed E-state index contributed by atoms with van der Waals surface area (Å²) in [6.07, 6.45) is 0. The molecule has 2 aromatic carbocycles. The Morgan fingerprint density at radius 3 is 2.68 bits per heavy atom. The Bertz CT molecular complexity index is 688. The van der Waals surface area contributed by atoms with Crippen LogP contribution >= 0.6 is 28.1 Å². The molecule has 0 aromatic heterocycles. The van der Waals surface area contributed by atoms with Crippen LogP contribution < -0.4 is 10.1 Å². The maximum atomic E-state index is 5.94. The molecular weight excluding hydrogens is 362 g/mol. The van der Waals surface area contributed by atoms with Crippen LogP contribution in [0.3, 0.4) is 0 Å². The van der Waals surface area contributed by atoms with Crippen molar-refractivity contribution >= 4 is 39.0 Å². The highest BCUT2D eigenvalue weighted by molar-refractivity contribution is 9.10. The second-order valence-electron chi connectivity index (χ2n) is 4.95. The smallest absolute Gasteiger partial charge is 0.260 e. The van der Waals surface area contributed by atoms with Gasteiger partial charge in [0.25, 0.3) is 5.17 Å². The zero-order chi connectivity index (χ0) is 16.1. The fraction of sp³-hybridized carbons (Fsp3) is 0.235. The van der Waals surface area contributed by atoms with Crippen LogP contribution in [0, 0.1) is 13.8 Å². The van der Waals surface area contributed by atoms with E-state index >= 15 is 0 Å². The first-order chi connectivity index (χ1) is 10.5. The normalized spacial score (nSPS) is 10.2. The third-order valence-corrected chi connectivity index (χ3v) is 4.16. The number of methoxy groups -OCH3 is 1. The minimum absolute atomic E-state index is 0.319. The standard InChI is InChI=1S/C17H18BrNO2S/c1-11-7-8-15(12(2)9-11)21-10-13-5-4-6-14(18)16(13)19-17(22)20-3/h4-9H,10H2,1-3H3,(H,19,22). The summed E-state index contributed by atoms with van der Waals surface area (Å²) in [5.74, 6) is 0.880. The van der Waals surface area contributed by atoms with E-state index in [2.05, 4.69) is 34.2 Å². The second-order valence-corrected chi connectivity index (χ2v) is 6.17.